The first-order valence-corrected chi connectivity index (χ1v) is 12.2. The summed E-state index contributed by atoms with van der Waals surface area (Å²) in [6, 6.07) is 17.1. The van der Waals surface area contributed by atoms with Crippen molar-refractivity contribution in [3.63, 3.8) is 0 Å². The maximum atomic E-state index is 13.6. The van der Waals surface area contributed by atoms with Crippen molar-refractivity contribution >= 4 is 12.0 Å². The van der Waals surface area contributed by atoms with E-state index in [9.17, 15) is 9.18 Å². The second-order valence-corrected chi connectivity index (χ2v) is 9.61. The number of amides is 1. The van der Waals surface area contributed by atoms with E-state index in [0.717, 1.165) is 12.1 Å². The number of ether oxygens (including phenoxy) is 1. The molecule has 2 aromatic heterocycles. The number of aromatic nitrogens is 3. The molecule has 0 radical (unpaired) electrons. The van der Waals surface area contributed by atoms with E-state index in [2.05, 4.69) is 20.6 Å². The minimum atomic E-state index is -1.01. The molecule has 0 aliphatic heterocycles. The lowest BCUT2D eigenvalue weighted by molar-refractivity contribution is 0.126. The third kappa shape index (κ3) is 6.11. The lowest BCUT2D eigenvalue weighted by Crippen LogP contribution is -2.41. The molecule has 1 saturated carbocycles. The largest absolute Gasteiger partial charge is 0.445 e. The van der Waals surface area contributed by atoms with Crippen LogP contribution in [-0.4, -0.2) is 27.6 Å². The third-order valence-electron chi connectivity index (χ3n) is 6.04. The van der Waals surface area contributed by atoms with Gasteiger partial charge < -0.3 is 19.8 Å². The molecule has 9 heteroatoms. The van der Waals surface area contributed by atoms with Gasteiger partial charge in [0.05, 0.1) is 0 Å². The molecule has 2 N–H and O–H groups in total. The third-order valence-corrected chi connectivity index (χ3v) is 6.04. The molecule has 8 nitrogen and oxygen atoms in total. The maximum absolute atomic E-state index is 13.6. The minimum Gasteiger partial charge on any atom is -0.445 e. The smallest absolute Gasteiger partial charge is 0.408 e. The van der Waals surface area contributed by atoms with E-state index in [4.69, 9.17) is 14.1 Å². The van der Waals surface area contributed by atoms with E-state index in [0.29, 0.717) is 34.6 Å². The number of carbonyl (C=O) groups excluding carboxylic acids is 1. The van der Waals surface area contributed by atoms with Crippen molar-refractivity contribution < 1.29 is 18.3 Å². The summed E-state index contributed by atoms with van der Waals surface area (Å²) in [6.45, 7) is 4.49. The van der Waals surface area contributed by atoms with E-state index < -0.39 is 11.6 Å². The Hall–Kier alpha value is -4.27. The van der Waals surface area contributed by atoms with Crippen LogP contribution >= 0.6 is 0 Å². The molecule has 1 aliphatic carbocycles. The van der Waals surface area contributed by atoms with Crippen molar-refractivity contribution in [2.75, 3.05) is 11.9 Å². The molecular formula is C28H28FN5O3. The Morgan fingerprint density at radius 3 is 2.57 bits per heavy atom. The number of hydrogen-bond acceptors (Lipinski definition) is 7. The lowest BCUT2D eigenvalue weighted by atomic mass is 10.1. The first-order valence-electron chi connectivity index (χ1n) is 12.2. The molecule has 0 bridgehead atoms. The second kappa shape index (κ2) is 10.4. The molecule has 1 amide bonds. The molecule has 1 aliphatic rings. The van der Waals surface area contributed by atoms with Crippen LogP contribution in [0.4, 0.5) is 15.1 Å². The number of anilines is 1. The van der Waals surface area contributed by atoms with Gasteiger partial charge in [0.25, 0.3) is 0 Å². The Morgan fingerprint density at radius 1 is 1.08 bits per heavy atom. The number of carbonyl (C=O) groups is 1. The van der Waals surface area contributed by atoms with E-state index in [1.165, 1.54) is 25.0 Å². The van der Waals surface area contributed by atoms with Gasteiger partial charge in [-0.25, -0.2) is 24.1 Å². The Balaban J connectivity index is 1.41. The summed E-state index contributed by atoms with van der Waals surface area (Å²) < 4.78 is 25.2. The normalized spacial score (nSPS) is 13.3. The predicted molar refractivity (Wildman–Crippen MR) is 137 cm³/mol. The van der Waals surface area contributed by atoms with Gasteiger partial charge in [0.1, 0.15) is 29.4 Å². The van der Waals surface area contributed by atoms with E-state index in [1.807, 2.05) is 30.3 Å². The minimum absolute atomic E-state index is 0.137. The van der Waals surface area contributed by atoms with Gasteiger partial charge in [0, 0.05) is 18.3 Å². The SMILES string of the molecule is CC(C)(NC(=O)OCc1ccccc1)c1nc(-c2ccc(F)cc2)c(-c2ccnc(NCC3CC3)n2)o1. The Kier molecular flexibility index (Phi) is 6.85. The van der Waals surface area contributed by atoms with Crippen molar-refractivity contribution in [3.05, 3.63) is 84.1 Å². The number of rotatable bonds is 9. The monoisotopic (exact) mass is 501 g/mol. The second-order valence-electron chi connectivity index (χ2n) is 9.61. The number of nitrogens with one attached hydrogen (secondary N) is 2. The molecule has 190 valence electrons. The van der Waals surface area contributed by atoms with Gasteiger partial charge in [-0.2, -0.15) is 0 Å². The molecule has 0 atom stereocenters. The number of nitrogens with zero attached hydrogens (tertiary/aromatic N) is 3. The zero-order valence-corrected chi connectivity index (χ0v) is 20.7. The van der Waals surface area contributed by atoms with Crippen LogP contribution in [-0.2, 0) is 16.9 Å². The number of hydrogen-bond donors (Lipinski definition) is 2. The molecule has 1 fully saturated rings. The fraction of sp³-hybridized carbons (Fsp3) is 0.286. The quantitative estimate of drug-likeness (QED) is 0.293. The molecular weight excluding hydrogens is 473 g/mol. The number of benzene rings is 2. The lowest BCUT2D eigenvalue weighted by Gasteiger charge is -2.22. The molecule has 37 heavy (non-hydrogen) atoms. The van der Waals surface area contributed by atoms with Crippen LogP contribution in [0.1, 0.15) is 38.1 Å². The molecule has 2 aromatic carbocycles. The van der Waals surface area contributed by atoms with Crippen molar-refractivity contribution in [3.8, 4) is 22.7 Å². The summed E-state index contributed by atoms with van der Waals surface area (Å²) >= 11 is 0. The van der Waals surface area contributed by atoms with Crippen LogP contribution in [0.2, 0.25) is 0 Å². The standard InChI is InChI=1S/C28H28FN5O3/c1-28(2,34-27(35)36-17-19-6-4-3-5-7-19)25-33-23(20-10-12-21(29)13-11-20)24(37-25)22-14-15-30-26(32-22)31-16-18-8-9-18/h3-7,10-15,18H,8-9,16-17H2,1-2H3,(H,34,35)(H,30,31,32). The van der Waals surface area contributed by atoms with Crippen LogP contribution in [0.15, 0.2) is 71.3 Å². The Morgan fingerprint density at radius 2 is 1.84 bits per heavy atom. The topological polar surface area (TPSA) is 102 Å². The Bertz CT molecular complexity index is 1370. The zero-order valence-electron chi connectivity index (χ0n) is 20.7. The highest BCUT2D eigenvalue weighted by Crippen LogP contribution is 2.35. The zero-order chi connectivity index (χ0) is 25.8. The Labute approximate surface area is 214 Å². The molecule has 0 unspecified atom stereocenters. The van der Waals surface area contributed by atoms with Gasteiger partial charge >= 0.3 is 6.09 Å². The molecule has 0 saturated heterocycles. The first kappa shape index (κ1) is 24.4. The fourth-order valence-corrected chi connectivity index (χ4v) is 3.76. The summed E-state index contributed by atoms with van der Waals surface area (Å²) in [7, 11) is 0. The van der Waals surface area contributed by atoms with Crippen LogP contribution in [0, 0.1) is 11.7 Å². The van der Waals surface area contributed by atoms with E-state index in [-0.39, 0.29) is 18.3 Å². The number of alkyl carbamates (subject to hydrolysis) is 1. The van der Waals surface area contributed by atoms with Gasteiger partial charge in [-0.1, -0.05) is 30.3 Å². The summed E-state index contributed by atoms with van der Waals surface area (Å²) in [5.41, 5.74) is 1.52. The average Bonchev–Trinajstić information content (AvgIpc) is 3.62. The van der Waals surface area contributed by atoms with Gasteiger partial charge in [-0.3, -0.25) is 0 Å². The predicted octanol–water partition coefficient (Wildman–Crippen LogP) is 5.92. The average molecular weight is 502 g/mol. The highest BCUT2D eigenvalue weighted by Gasteiger charge is 2.32. The van der Waals surface area contributed by atoms with E-state index in [1.54, 1.807) is 38.2 Å². The van der Waals surface area contributed by atoms with Crippen LogP contribution < -0.4 is 10.6 Å². The maximum Gasteiger partial charge on any atom is 0.408 e. The van der Waals surface area contributed by atoms with E-state index >= 15 is 0 Å². The van der Waals surface area contributed by atoms with Gasteiger partial charge in [0.15, 0.2) is 5.76 Å². The van der Waals surface area contributed by atoms with Gasteiger partial charge in [-0.05, 0) is 68.5 Å². The molecule has 5 rings (SSSR count). The highest BCUT2D eigenvalue weighted by atomic mass is 19.1. The first-order chi connectivity index (χ1) is 17.9. The van der Waals surface area contributed by atoms with Crippen LogP contribution in [0.5, 0.6) is 0 Å². The van der Waals surface area contributed by atoms with Crippen molar-refractivity contribution in [2.45, 2.75) is 38.8 Å². The number of oxazole rings is 1. The summed E-state index contributed by atoms with van der Waals surface area (Å²) in [4.78, 5) is 26.2. The molecule has 2 heterocycles. The van der Waals surface area contributed by atoms with Crippen molar-refractivity contribution in [2.24, 2.45) is 5.92 Å². The van der Waals surface area contributed by atoms with Crippen molar-refractivity contribution in [1.29, 1.82) is 0 Å². The summed E-state index contributed by atoms with van der Waals surface area (Å²) in [5.74, 6) is 1.45. The fourth-order valence-electron chi connectivity index (χ4n) is 3.76. The molecule has 0 spiro atoms. The van der Waals surface area contributed by atoms with Crippen molar-refractivity contribution in [1.82, 2.24) is 20.3 Å². The van der Waals surface area contributed by atoms with Gasteiger partial charge in [-0.15, -0.1) is 0 Å². The summed E-state index contributed by atoms with van der Waals surface area (Å²) in [5, 5.41) is 6.09. The van der Waals surface area contributed by atoms with Crippen LogP contribution in [0.25, 0.3) is 22.7 Å². The highest BCUT2D eigenvalue weighted by molar-refractivity contribution is 5.75. The van der Waals surface area contributed by atoms with Crippen LogP contribution in [0.3, 0.4) is 0 Å². The van der Waals surface area contributed by atoms with Gasteiger partial charge in [0.2, 0.25) is 11.8 Å². The summed E-state index contributed by atoms with van der Waals surface area (Å²) in [6.07, 6.45) is 3.47. The molecule has 4 aromatic rings. The number of halogens is 1.